The predicted molar refractivity (Wildman–Crippen MR) is 111 cm³/mol. The van der Waals surface area contributed by atoms with Crippen LogP contribution >= 0.6 is 11.6 Å². The molecule has 0 fully saturated rings. The quantitative estimate of drug-likeness (QED) is 0.318. The summed E-state index contributed by atoms with van der Waals surface area (Å²) in [5.74, 6) is 0. The molecule has 2 heteroatoms. The predicted octanol–water partition coefficient (Wildman–Crippen LogP) is 7.10. The molecular formula is C24H16ClN. The van der Waals surface area contributed by atoms with Gasteiger partial charge in [-0.05, 0) is 47.5 Å². The van der Waals surface area contributed by atoms with Gasteiger partial charge in [-0.3, -0.25) is 0 Å². The molecule has 0 N–H and O–H groups in total. The molecule has 0 saturated carbocycles. The lowest BCUT2D eigenvalue weighted by atomic mass is 9.99. The molecule has 0 amide bonds. The Hall–Kier alpha value is -3.03. The van der Waals surface area contributed by atoms with Crippen LogP contribution in [0.25, 0.3) is 38.6 Å². The molecule has 1 heterocycles. The van der Waals surface area contributed by atoms with Gasteiger partial charge in [-0.1, -0.05) is 72.3 Å². The Balaban J connectivity index is 2.08. The van der Waals surface area contributed by atoms with Crippen LogP contribution < -0.4 is 0 Å². The van der Waals surface area contributed by atoms with Crippen LogP contribution in [-0.2, 0) is 0 Å². The maximum Gasteiger partial charge on any atom is 0.0646 e. The fourth-order valence-corrected chi connectivity index (χ4v) is 3.68. The minimum atomic E-state index is -0.120. The van der Waals surface area contributed by atoms with Gasteiger partial charge >= 0.3 is 0 Å². The van der Waals surface area contributed by atoms with Crippen molar-refractivity contribution >= 4 is 33.4 Å². The molecule has 4 aromatic carbocycles. The minimum Gasteiger partial charge on any atom is -0.309 e. The van der Waals surface area contributed by atoms with Gasteiger partial charge in [0.15, 0.2) is 0 Å². The molecule has 0 unspecified atom stereocenters. The van der Waals surface area contributed by atoms with Crippen LogP contribution in [0, 0.1) is 0 Å². The molecule has 0 aliphatic rings. The summed E-state index contributed by atoms with van der Waals surface area (Å²) in [5.41, 5.74) is 4.31. The third kappa shape index (κ3) is 2.33. The van der Waals surface area contributed by atoms with Gasteiger partial charge in [0.2, 0.25) is 0 Å². The van der Waals surface area contributed by atoms with E-state index in [1.54, 1.807) is 0 Å². The molecule has 0 aliphatic heterocycles. The molecule has 124 valence electrons. The lowest BCUT2D eigenvalue weighted by molar-refractivity contribution is 1.18. The summed E-state index contributed by atoms with van der Waals surface area (Å²) in [4.78, 5) is 0. The van der Waals surface area contributed by atoms with Crippen LogP contribution in [-0.4, -0.2) is 4.57 Å². The molecule has 1 nitrogen and oxygen atoms in total. The average molecular weight is 357 g/mol. The Kier molecular flexibility index (Phi) is 2.87. The molecule has 0 bridgehead atoms. The van der Waals surface area contributed by atoms with Crippen molar-refractivity contribution < 1.29 is 4.11 Å². The molecule has 5 aromatic rings. The largest absolute Gasteiger partial charge is 0.309 e. The molecule has 0 aliphatic carbocycles. The van der Waals surface area contributed by atoms with Crippen LogP contribution in [0.4, 0.5) is 0 Å². The highest BCUT2D eigenvalue weighted by Crippen LogP contribution is 2.39. The van der Waals surface area contributed by atoms with Gasteiger partial charge in [-0.2, -0.15) is 0 Å². The number of rotatable bonds is 2. The fraction of sp³-hybridized carbons (Fsp3) is 0. The van der Waals surface area contributed by atoms with E-state index in [0.717, 1.165) is 27.7 Å². The lowest BCUT2D eigenvalue weighted by Crippen LogP contribution is -1.92. The van der Waals surface area contributed by atoms with Crippen LogP contribution in [0.3, 0.4) is 0 Å². The second-order valence-corrected chi connectivity index (χ2v) is 6.53. The second-order valence-electron chi connectivity index (χ2n) is 6.15. The number of hydrogen-bond donors (Lipinski definition) is 0. The first kappa shape index (κ1) is 12.3. The standard InChI is InChI=1S/C24H16ClN/c25-18-14-15-22-21(16-18)24-20(17-8-3-1-4-9-17)12-7-13-23(24)26(22)19-10-5-2-6-11-19/h1-16H/i14D,15D,16D. The molecule has 1 aromatic heterocycles. The Morgan fingerprint density at radius 3 is 2.23 bits per heavy atom. The van der Waals surface area contributed by atoms with E-state index in [2.05, 4.69) is 0 Å². The highest BCUT2D eigenvalue weighted by atomic mass is 35.5. The third-order valence-corrected chi connectivity index (χ3v) is 4.81. The number of nitrogens with zero attached hydrogens (tertiary/aromatic N) is 1. The van der Waals surface area contributed by atoms with Crippen LogP contribution in [0.15, 0.2) is 97.0 Å². The number of halogens is 1. The van der Waals surface area contributed by atoms with Gasteiger partial charge in [0.05, 0.1) is 15.1 Å². The van der Waals surface area contributed by atoms with Crippen molar-refractivity contribution in [1.82, 2.24) is 4.57 Å². The highest BCUT2D eigenvalue weighted by Gasteiger charge is 2.16. The number of fused-ring (bicyclic) bond motifs is 3. The number of hydrogen-bond acceptors (Lipinski definition) is 0. The van der Waals surface area contributed by atoms with E-state index in [1.165, 1.54) is 0 Å². The maximum absolute atomic E-state index is 8.69. The number of aromatic nitrogens is 1. The van der Waals surface area contributed by atoms with E-state index in [0.29, 0.717) is 10.9 Å². The first-order chi connectivity index (χ1) is 14.1. The van der Waals surface area contributed by atoms with Crippen molar-refractivity contribution in [3.63, 3.8) is 0 Å². The molecule has 0 radical (unpaired) electrons. The first-order valence-electron chi connectivity index (χ1n) is 9.93. The average Bonchev–Trinajstić information content (AvgIpc) is 3.13. The van der Waals surface area contributed by atoms with Crippen molar-refractivity contribution in [2.24, 2.45) is 0 Å². The van der Waals surface area contributed by atoms with Gasteiger partial charge in [-0.25, -0.2) is 0 Å². The van der Waals surface area contributed by atoms with Gasteiger partial charge in [0.1, 0.15) is 0 Å². The monoisotopic (exact) mass is 356 g/mol. The summed E-state index contributed by atoms with van der Waals surface area (Å²) in [5, 5.41) is 1.49. The summed E-state index contributed by atoms with van der Waals surface area (Å²) >= 11 is 6.31. The molecule has 26 heavy (non-hydrogen) atoms. The Bertz CT molecular complexity index is 1380. The summed E-state index contributed by atoms with van der Waals surface area (Å²) < 4.78 is 27.6. The molecule has 0 atom stereocenters. The second kappa shape index (κ2) is 6.05. The smallest absolute Gasteiger partial charge is 0.0646 e. The van der Waals surface area contributed by atoms with Gasteiger partial charge in [0.25, 0.3) is 0 Å². The van der Waals surface area contributed by atoms with Crippen molar-refractivity contribution in [2.45, 2.75) is 0 Å². The molecule has 0 saturated heterocycles. The van der Waals surface area contributed by atoms with E-state index in [1.807, 2.05) is 83.4 Å². The molecule has 5 rings (SSSR count). The maximum atomic E-state index is 8.69. The Labute approximate surface area is 161 Å². The van der Waals surface area contributed by atoms with E-state index < -0.39 is 0 Å². The van der Waals surface area contributed by atoms with Crippen molar-refractivity contribution in [1.29, 1.82) is 0 Å². The van der Waals surface area contributed by atoms with Crippen LogP contribution in [0.1, 0.15) is 4.11 Å². The zero-order valence-electron chi connectivity index (χ0n) is 16.8. The van der Waals surface area contributed by atoms with E-state index >= 15 is 0 Å². The van der Waals surface area contributed by atoms with Crippen molar-refractivity contribution in [2.75, 3.05) is 0 Å². The highest BCUT2D eigenvalue weighted by molar-refractivity contribution is 6.32. The van der Waals surface area contributed by atoms with Gasteiger partial charge < -0.3 is 4.57 Å². The molecule has 0 spiro atoms. The SMILES string of the molecule is [2H]c1c(Cl)c([2H])c2c3c(-c4ccccc4)cccc3n(-c3ccccc3)c2c1[2H]. The normalized spacial score (nSPS) is 12.9. The van der Waals surface area contributed by atoms with Crippen LogP contribution in [0.5, 0.6) is 0 Å². The summed E-state index contributed by atoms with van der Waals surface area (Å²) in [6, 6.07) is 25.8. The van der Waals surface area contributed by atoms with E-state index in [9.17, 15) is 0 Å². The molecular weight excluding hydrogens is 338 g/mol. The Morgan fingerprint density at radius 2 is 1.46 bits per heavy atom. The van der Waals surface area contributed by atoms with E-state index in [4.69, 9.17) is 15.7 Å². The van der Waals surface area contributed by atoms with Gasteiger partial charge in [0, 0.05) is 21.5 Å². The lowest BCUT2D eigenvalue weighted by Gasteiger charge is -2.08. The zero-order valence-corrected chi connectivity index (χ0v) is 14.6. The fourth-order valence-electron chi connectivity index (χ4n) is 3.54. The minimum absolute atomic E-state index is 0.0116. The summed E-state index contributed by atoms with van der Waals surface area (Å²) in [7, 11) is 0. The summed E-state index contributed by atoms with van der Waals surface area (Å²) in [6.07, 6.45) is 0. The van der Waals surface area contributed by atoms with Crippen molar-refractivity contribution in [3.8, 4) is 16.8 Å². The number of benzene rings is 4. The zero-order chi connectivity index (χ0) is 20.1. The van der Waals surface area contributed by atoms with Crippen molar-refractivity contribution in [3.05, 3.63) is 102 Å². The third-order valence-electron chi connectivity index (χ3n) is 4.62. The number of para-hydroxylation sites is 1. The first-order valence-corrected chi connectivity index (χ1v) is 8.80. The van der Waals surface area contributed by atoms with Crippen LogP contribution in [0.2, 0.25) is 5.02 Å². The summed E-state index contributed by atoms with van der Waals surface area (Å²) in [6.45, 7) is 0. The topological polar surface area (TPSA) is 4.93 Å². The Morgan fingerprint density at radius 1 is 0.731 bits per heavy atom. The van der Waals surface area contributed by atoms with E-state index in [-0.39, 0.29) is 23.1 Å². The van der Waals surface area contributed by atoms with Gasteiger partial charge in [-0.15, -0.1) is 0 Å².